The van der Waals surface area contributed by atoms with E-state index in [4.69, 9.17) is 23.1 Å². The molecule has 12 heteroatoms. The molecule has 1 aromatic heterocycles. The van der Waals surface area contributed by atoms with Gasteiger partial charge >= 0.3 is 0 Å². The largest absolute Gasteiger partial charge is 0.382 e. The van der Waals surface area contributed by atoms with Crippen LogP contribution < -0.4 is 22.1 Å². The number of amides is 1. The average Bonchev–Trinajstić information content (AvgIpc) is 3.15. The van der Waals surface area contributed by atoms with Gasteiger partial charge in [-0.05, 0) is 18.4 Å². The lowest BCUT2D eigenvalue weighted by Gasteiger charge is -2.12. The fourth-order valence-corrected chi connectivity index (χ4v) is 4.73. The number of nitrogens with two attached hydrogens (primary N) is 2. The number of nitrogens with zero attached hydrogens (tertiary/aromatic N) is 3. The lowest BCUT2D eigenvalue weighted by atomic mass is 10.1. The normalized spacial score (nSPS) is 15.9. The van der Waals surface area contributed by atoms with E-state index in [1.54, 1.807) is 0 Å². The van der Waals surface area contributed by atoms with Crippen LogP contribution in [0.4, 0.5) is 11.6 Å². The first-order valence-electron chi connectivity index (χ1n) is 9.68. The fourth-order valence-electron chi connectivity index (χ4n) is 3.11. The quantitative estimate of drug-likeness (QED) is 0.421. The molecule has 0 spiro atoms. The van der Waals surface area contributed by atoms with Crippen LogP contribution in [0.25, 0.3) is 0 Å². The maximum atomic E-state index is 12.3. The third-order valence-electron chi connectivity index (χ3n) is 4.65. The van der Waals surface area contributed by atoms with Crippen LogP contribution in [0.2, 0.25) is 5.15 Å². The Kier molecular flexibility index (Phi) is 7.29. The van der Waals surface area contributed by atoms with Crippen molar-refractivity contribution >= 4 is 44.9 Å². The van der Waals surface area contributed by atoms with Gasteiger partial charge in [-0.15, -0.1) is 0 Å². The number of halogens is 1. The van der Waals surface area contributed by atoms with E-state index < -0.39 is 15.7 Å². The van der Waals surface area contributed by atoms with E-state index in [2.05, 4.69) is 25.6 Å². The molecule has 1 aliphatic rings. The topological polar surface area (TPSA) is 165 Å². The lowest BCUT2D eigenvalue weighted by Crippen LogP contribution is -2.42. The van der Waals surface area contributed by atoms with Crippen LogP contribution >= 0.6 is 11.6 Å². The molecule has 31 heavy (non-hydrogen) atoms. The van der Waals surface area contributed by atoms with Crippen molar-refractivity contribution < 1.29 is 13.2 Å². The first-order valence-corrected chi connectivity index (χ1v) is 11.9. The third kappa shape index (κ3) is 6.53. The molecular weight excluding hydrogens is 442 g/mol. The van der Waals surface area contributed by atoms with Crippen molar-refractivity contribution in [2.45, 2.75) is 31.1 Å². The van der Waals surface area contributed by atoms with Crippen molar-refractivity contribution in [1.82, 2.24) is 20.6 Å². The van der Waals surface area contributed by atoms with E-state index in [-0.39, 0.29) is 40.0 Å². The monoisotopic (exact) mass is 465 g/mol. The highest BCUT2D eigenvalue weighted by molar-refractivity contribution is 7.90. The number of benzene rings is 1. The zero-order valence-electron chi connectivity index (χ0n) is 16.7. The Morgan fingerprint density at radius 2 is 1.90 bits per heavy atom. The number of anilines is 2. The average molecular weight is 466 g/mol. The van der Waals surface area contributed by atoms with Gasteiger partial charge in [-0.1, -0.05) is 48.4 Å². The van der Waals surface area contributed by atoms with Crippen molar-refractivity contribution in [2.24, 2.45) is 4.99 Å². The molecule has 0 fully saturated rings. The highest BCUT2D eigenvalue weighted by Crippen LogP contribution is 2.17. The molecule has 0 aliphatic carbocycles. The summed E-state index contributed by atoms with van der Waals surface area (Å²) in [5, 5.41) is 5.56. The number of rotatable bonds is 8. The van der Waals surface area contributed by atoms with Gasteiger partial charge in [-0.25, -0.2) is 18.4 Å². The van der Waals surface area contributed by atoms with Crippen LogP contribution in [-0.4, -0.2) is 48.6 Å². The van der Waals surface area contributed by atoms with Crippen LogP contribution in [0.1, 0.15) is 35.3 Å². The number of unbranched alkanes of at least 4 members (excludes halogenated alkanes) is 1. The summed E-state index contributed by atoms with van der Waals surface area (Å²) in [5.74, 6) is -0.318. The predicted octanol–water partition coefficient (Wildman–Crippen LogP) is 1.14. The summed E-state index contributed by atoms with van der Waals surface area (Å²) >= 11 is 5.80. The molecule has 2 heterocycles. The van der Waals surface area contributed by atoms with Crippen molar-refractivity contribution in [3.8, 4) is 0 Å². The molecule has 0 bridgehead atoms. The highest BCUT2D eigenvalue weighted by Gasteiger charge is 2.22. The molecule has 0 saturated carbocycles. The number of nitrogen functional groups attached to an aromatic ring is 2. The van der Waals surface area contributed by atoms with Crippen molar-refractivity contribution in [3.63, 3.8) is 0 Å². The number of aromatic nitrogens is 2. The number of nitrogens with one attached hydrogen (secondary N) is 2. The Hall–Kier alpha value is -2.92. The first-order chi connectivity index (χ1) is 14.7. The van der Waals surface area contributed by atoms with Crippen LogP contribution in [0, 0.1) is 0 Å². The summed E-state index contributed by atoms with van der Waals surface area (Å²) in [6.45, 7) is 0.468. The minimum Gasteiger partial charge on any atom is -0.382 e. The fraction of sp³-hybridized carbons (Fsp3) is 0.368. The standard InChI is InChI=1S/C19H24ClN7O3S/c20-15-17(22)26-16(21)14(25-15)18(28)27-19-23-10-13(24-19)8-4-5-9-31(29,30)11-12-6-2-1-3-7-12/h1-3,6-7,13H,4-5,8-11H2,(H4,21,22,26)(H2,23,24,27,28)/t13-/m1/s1. The molecule has 6 N–H and O–H groups in total. The van der Waals surface area contributed by atoms with Crippen molar-refractivity contribution in [3.05, 3.63) is 46.7 Å². The van der Waals surface area contributed by atoms with Crippen LogP contribution in [0.3, 0.4) is 0 Å². The Bertz CT molecular complexity index is 1080. The summed E-state index contributed by atoms with van der Waals surface area (Å²) in [7, 11) is -3.15. The molecule has 1 aliphatic heterocycles. The molecule has 1 aromatic carbocycles. The zero-order valence-corrected chi connectivity index (χ0v) is 18.3. The SMILES string of the molecule is Nc1nc(N)c(C(=O)NC2=NC[C@@H](CCCCS(=O)(=O)Cc3ccccc3)N2)nc1Cl. The van der Waals surface area contributed by atoms with E-state index in [1.807, 2.05) is 30.3 Å². The van der Waals surface area contributed by atoms with E-state index in [1.165, 1.54) is 0 Å². The molecule has 1 amide bonds. The Morgan fingerprint density at radius 1 is 1.16 bits per heavy atom. The maximum Gasteiger partial charge on any atom is 0.280 e. The second-order valence-corrected chi connectivity index (χ2v) is 9.73. The van der Waals surface area contributed by atoms with Crippen LogP contribution in [0.5, 0.6) is 0 Å². The van der Waals surface area contributed by atoms with Crippen LogP contribution in [0.15, 0.2) is 35.3 Å². The predicted molar refractivity (Wildman–Crippen MR) is 120 cm³/mol. The van der Waals surface area contributed by atoms with Crippen molar-refractivity contribution in [2.75, 3.05) is 23.8 Å². The maximum absolute atomic E-state index is 12.3. The van der Waals surface area contributed by atoms with Crippen molar-refractivity contribution in [1.29, 1.82) is 0 Å². The Morgan fingerprint density at radius 3 is 2.65 bits per heavy atom. The van der Waals surface area contributed by atoms with Gasteiger partial charge in [0.25, 0.3) is 5.91 Å². The Balaban J connectivity index is 1.40. The summed E-state index contributed by atoms with van der Waals surface area (Å²) in [5.41, 5.74) is 11.8. The number of carbonyl (C=O) groups is 1. The zero-order chi connectivity index (χ0) is 22.4. The first kappa shape index (κ1) is 22.8. The number of guanidine groups is 1. The minimum absolute atomic E-state index is 0.00515. The summed E-state index contributed by atoms with van der Waals surface area (Å²) < 4.78 is 24.5. The molecule has 0 unspecified atom stereocenters. The van der Waals surface area contributed by atoms with Gasteiger partial charge < -0.3 is 16.8 Å². The summed E-state index contributed by atoms with van der Waals surface area (Å²) in [6.07, 6.45) is 2.00. The molecule has 2 aromatic rings. The summed E-state index contributed by atoms with van der Waals surface area (Å²) in [6, 6.07) is 9.14. The third-order valence-corrected chi connectivity index (χ3v) is 6.61. The minimum atomic E-state index is -3.15. The van der Waals surface area contributed by atoms with Gasteiger partial charge in [0.15, 0.2) is 38.3 Å². The number of aliphatic imine (C=N–C) groups is 1. The number of hydrogen-bond acceptors (Lipinski definition) is 9. The van der Waals surface area contributed by atoms with Gasteiger partial charge in [0.1, 0.15) is 0 Å². The molecule has 10 nitrogen and oxygen atoms in total. The summed E-state index contributed by atoms with van der Waals surface area (Å²) in [4.78, 5) is 24.2. The second kappa shape index (κ2) is 9.92. The number of sulfone groups is 1. The van der Waals surface area contributed by atoms with Gasteiger partial charge in [0, 0.05) is 6.04 Å². The number of carbonyl (C=O) groups excluding carboxylic acids is 1. The number of hydrogen-bond donors (Lipinski definition) is 4. The van der Waals surface area contributed by atoms with Gasteiger partial charge in [-0.2, -0.15) is 0 Å². The van der Waals surface area contributed by atoms with Crippen LogP contribution in [-0.2, 0) is 15.6 Å². The molecule has 166 valence electrons. The van der Waals surface area contributed by atoms with Gasteiger partial charge in [0.05, 0.1) is 18.1 Å². The highest BCUT2D eigenvalue weighted by atomic mass is 35.5. The van der Waals surface area contributed by atoms with E-state index in [0.717, 1.165) is 12.0 Å². The molecule has 1 atom stereocenters. The van der Waals surface area contributed by atoms with E-state index >= 15 is 0 Å². The second-order valence-electron chi connectivity index (χ2n) is 7.19. The smallest absolute Gasteiger partial charge is 0.280 e. The molecule has 0 radical (unpaired) electrons. The van der Waals surface area contributed by atoms with E-state index in [0.29, 0.717) is 25.3 Å². The Labute approximate surface area is 185 Å². The molecule has 3 rings (SSSR count). The lowest BCUT2D eigenvalue weighted by molar-refractivity contribution is 0.0972. The van der Waals surface area contributed by atoms with Gasteiger partial charge in [0.2, 0.25) is 0 Å². The molecular formula is C19H24ClN7O3S. The van der Waals surface area contributed by atoms with Gasteiger partial charge in [-0.3, -0.25) is 15.1 Å². The molecule has 0 saturated heterocycles. The van der Waals surface area contributed by atoms with E-state index in [9.17, 15) is 13.2 Å².